The Morgan fingerprint density at radius 3 is 2.44 bits per heavy atom. The average molecular weight is 246 g/mol. The number of hydrogen-bond donors (Lipinski definition) is 3. The molecule has 4 heteroatoms. The molecule has 0 aromatic heterocycles. The molecule has 3 rings (SSSR count). The van der Waals surface area contributed by atoms with E-state index in [1.54, 1.807) is 0 Å². The first-order valence-electron chi connectivity index (χ1n) is 6.42. The van der Waals surface area contributed by atoms with E-state index in [0.29, 0.717) is 19.6 Å². The van der Waals surface area contributed by atoms with Gasteiger partial charge in [-0.2, -0.15) is 0 Å². The first kappa shape index (κ1) is 11.7. The highest BCUT2D eigenvalue weighted by Crippen LogP contribution is 2.48. The minimum Gasteiger partial charge on any atom is -0.385 e. The lowest BCUT2D eigenvalue weighted by atomic mass is 9.93. The largest absolute Gasteiger partial charge is 0.385 e. The fraction of sp³-hybridized carbons (Fsp3) is 0.500. The van der Waals surface area contributed by atoms with Crippen molar-refractivity contribution in [2.45, 2.75) is 23.9 Å². The van der Waals surface area contributed by atoms with E-state index in [2.05, 4.69) is 10.6 Å². The van der Waals surface area contributed by atoms with Gasteiger partial charge in [0.05, 0.1) is 5.41 Å². The molecule has 96 valence electrons. The van der Waals surface area contributed by atoms with Gasteiger partial charge in [0.25, 0.3) is 0 Å². The normalized spacial score (nSPS) is 22.9. The van der Waals surface area contributed by atoms with Crippen LogP contribution in [0.15, 0.2) is 30.3 Å². The summed E-state index contributed by atoms with van der Waals surface area (Å²) in [5.41, 5.74) is -0.00162. The summed E-state index contributed by atoms with van der Waals surface area (Å²) in [5, 5.41) is 15.8. The number of aliphatic hydroxyl groups is 1. The number of nitrogens with one attached hydrogen (secondary N) is 2. The van der Waals surface area contributed by atoms with Gasteiger partial charge in [0.15, 0.2) is 0 Å². The predicted molar refractivity (Wildman–Crippen MR) is 68.2 cm³/mol. The van der Waals surface area contributed by atoms with E-state index in [1.165, 1.54) is 0 Å². The van der Waals surface area contributed by atoms with Crippen molar-refractivity contribution in [2.24, 2.45) is 0 Å². The zero-order chi connectivity index (χ0) is 12.6. The second kappa shape index (κ2) is 4.07. The third kappa shape index (κ3) is 1.91. The number of rotatable bonds is 4. The van der Waals surface area contributed by atoms with Gasteiger partial charge in [-0.1, -0.05) is 30.3 Å². The molecule has 1 saturated carbocycles. The highest BCUT2D eigenvalue weighted by Gasteiger charge is 2.51. The number of β-amino-alcohol motifs (C(OH)–C–C–N with tert-alkyl or cyclic N) is 1. The molecule has 0 radical (unpaired) electrons. The average Bonchev–Trinajstić information content (AvgIpc) is 3.16. The van der Waals surface area contributed by atoms with Crippen molar-refractivity contribution in [2.75, 3.05) is 19.6 Å². The maximum atomic E-state index is 12.3. The summed E-state index contributed by atoms with van der Waals surface area (Å²) < 4.78 is 0. The first-order valence-corrected chi connectivity index (χ1v) is 6.42. The van der Waals surface area contributed by atoms with Gasteiger partial charge >= 0.3 is 0 Å². The highest BCUT2D eigenvalue weighted by molar-refractivity contribution is 5.91. The Kier molecular flexibility index (Phi) is 2.64. The molecule has 0 bridgehead atoms. The van der Waals surface area contributed by atoms with Crippen molar-refractivity contribution < 1.29 is 9.90 Å². The Morgan fingerprint density at radius 2 is 1.94 bits per heavy atom. The van der Waals surface area contributed by atoms with Crippen LogP contribution in [0.3, 0.4) is 0 Å². The Bertz CT molecular complexity index is 450. The van der Waals surface area contributed by atoms with Crippen LogP contribution in [0.2, 0.25) is 0 Å². The second-order valence-electron chi connectivity index (χ2n) is 5.46. The Morgan fingerprint density at radius 1 is 1.28 bits per heavy atom. The standard InChI is InChI=1S/C14H18N2O2/c17-12(16-10-13(18)8-15-9-13)14(6-7-14)11-4-2-1-3-5-11/h1-5,15,18H,6-10H2,(H,16,17). The van der Waals surface area contributed by atoms with Crippen molar-refractivity contribution in [3.05, 3.63) is 35.9 Å². The molecular weight excluding hydrogens is 228 g/mol. The maximum Gasteiger partial charge on any atom is 0.230 e. The van der Waals surface area contributed by atoms with Crippen LogP contribution in [0, 0.1) is 0 Å². The molecule has 0 atom stereocenters. The second-order valence-corrected chi connectivity index (χ2v) is 5.46. The SMILES string of the molecule is O=C(NCC1(O)CNC1)C1(c2ccccc2)CC1. The molecule has 1 heterocycles. The van der Waals surface area contributed by atoms with E-state index in [1.807, 2.05) is 30.3 Å². The van der Waals surface area contributed by atoms with Crippen LogP contribution < -0.4 is 10.6 Å². The Labute approximate surface area is 106 Å². The van der Waals surface area contributed by atoms with E-state index in [-0.39, 0.29) is 11.3 Å². The van der Waals surface area contributed by atoms with Gasteiger partial charge in [-0.3, -0.25) is 4.79 Å². The zero-order valence-electron chi connectivity index (χ0n) is 10.3. The summed E-state index contributed by atoms with van der Waals surface area (Å²) in [6, 6.07) is 9.90. The number of amides is 1. The molecule has 1 saturated heterocycles. The number of carbonyl (C=O) groups is 1. The van der Waals surface area contributed by atoms with Crippen molar-refractivity contribution >= 4 is 5.91 Å². The molecule has 1 aliphatic carbocycles. The molecule has 0 spiro atoms. The minimum absolute atomic E-state index is 0.0500. The lowest BCUT2D eigenvalue weighted by Gasteiger charge is -2.37. The third-order valence-corrected chi connectivity index (χ3v) is 4.00. The number of carbonyl (C=O) groups excluding carboxylic acids is 1. The summed E-state index contributed by atoms with van der Waals surface area (Å²) in [6.07, 6.45) is 1.80. The highest BCUT2D eigenvalue weighted by atomic mass is 16.3. The van der Waals surface area contributed by atoms with Crippen LogP contribution in [0.5, 0.6) is 0 Å². The van der Waals surface area contributed by atoms with Crippen LogP contribution in [-0.2, 0) is 10.2 Å². The van der Waals surface area contributed by atoms with E-state index >= 15 is 0 Å². The molecule has 2 fully saturated rings. The molecule has 3 N–H and O–H groups in total. The summed E-state index contributed by atoms with van der Waals surface area (Å²) in [7, 11) is 0. The van der Waals surface area contributed by atoms with Gasteiger partial charge < -0.3 is 15.7 Å². The van der Waals surface area contributed by atoms with Gasteiger partial charge in [-0.05, 0) is 18.4 Å². The van der Waals surface area contributed by atoms with Gasteiger partial charge in [0, 0.05) is 19.6 Å². The number of benzene rings is 1. The summed E-state index contributed by atoms with van der Waals surface area (Å²) >= 11 is 0. The van der Waals surface area contributed by atoms with E-state index in [0.717, 1.165) is 18.4 Å². The number of hydrogen-bond acceptors (Lipinski definition) is 3. The zero-order valence-corrected chi connectivity index (χ0v) is 10.3. The van der Waals surface area contributed by atoms with Gasteiger partial charge in [-0.15, -0.1) is 0 Å². The first-order chi connectivity index (χ1) is 8.65. The molecule has 0 unspecified atom stereocenters. The lowest BCUT2D eigenvalue weighted by Crippen LogP contribution is -2.65. The van der Waals surface area contributed by atoms with Crippen molar-refractivity contribution in [1.82, 2.24) is 10.6 Å². The van der Waals surface area contributed by atoms with Crippen molar-refractivity contribution in [3.63, 3.8) is 0 Å². The Balaban J connectivity index is 1.65. The van der Waals surface area contributed by atoms with Crippen LogP contribution in [0.4, 0.5) is 0 Å². The fourth-order valence-corrected chi connectivity index (χ4v) is 2.48. The molecule has 1 aromatic rings. The summed E-state index contributed by atoms with van der Waals surface area (Å²) in [5.74, 6) is 0.0500. The molecule has 1 aromatic carbocycles. The van der Waals surface area contributed by atoms with Crippen LogP contribution in [0.1, 0.15) is 18.4 Å². The van der Waals surface area contributed by atoms with Crippen molar-refractivity contribution in [1.29, 1.82) is 0 Å². The quantitative estimate of drug-likeness (QED) is 0.709. The molecule has 2 aliphatic rings. The molecule has 18 heavy (non-hydrogen) atoms. The summed E-state index contributed by atoms with van der Waals surface area (Å²) in [6.45, 7) is 1.46. The fourth-order valence-electron chi connectivity index (χ4n) is 2.48. The monoisotopic (exact) mass is 246 g/mol. The molecule has 1 amide bonds. The molecule has 1 aliphatic heterocycles. The topological polar surface area (TPSA) is 61.4 Å². The minimum atomic E-state index is -0.748. The van der Waals surface area contributed by atoms with Crippen LogP contribution in [0.25, 0.3) is 0 Å². The third-order valence-electron chi connectivity index (χ3n) is 4.00. The molecular formula is C14H18N2O2. The Hall–Kier alpha value is -1.39. The smallest absolute Gasteiger partial charge is 0.230 e. The van der Waals surface area contributed by atoms with Gasteiger partial charge in [0.1, 0.15) is 5.60 Å². The lowest BCUT2D eigenvalue weighted by molar-refractivity contribution is -0.125. The maximum absolute atomic E-state index is 12.3. The van der Waals surface area contributed by atoms with Gasteiger partial charge in [-0.25, -0.2) is 0 Å². The van der Waals surface area contributed by atoms with Crippen LogP contribution >= 0.6 is 0 Å². The van der Waals surface area contributed by atoms with Crippen molar-refractivity contribution in [3.8, 4) is 0 Å². The van der Waals surface area contributed by atoms with Gasteiger partial charge in [0.2, 0.25) is 5.91 Å². The predicted octanol–water partition coefficient (Wildman–Crippen LogP) is 0.169. The molecule has 4 nitrogen and oxygen atoms in total. The van der Waals surface area contributed by atoms with E-state index in [4.69, 9.17) is 0 Å². The summed E-state index contributed by atoms with van der Waals surface area (Å²) in [4.78, 5) is 12.3. The van der Waals surface area contributed by atoms with E-state index < -0.39 is 5.60 Å². The van der Waals surface area contributed by atoms with E-state index in [9.17, 15) is 9.90 Å². The van der Waals surface area contributed by atoms with Crippen LogP contribution in [-0.4, -0.2) is 36.2 Å².